The number of rotatable bonds is 8. The molecule has 0 aliphatic heterocycles. The third-order valence-corrected chi connectivity index (χ3v) is 4.64. The van der Waals surface area contributed by atoms with Crippen molar-refractivity contribution in [2.45, 2.75) is 26.8 Å². The predicted octanol–water partition coefficient (Wildman–Crippen LogP) is 2.47. The number of carbonyl (C=O) groups excluding carboxylic acids is 2. The Balaban J connectivity index is 1.78. The van der Waals surface area contributed by atoms with Crippen molar-refractivity contribution in [3.8, 4) is 5.75 Å². The predicted molar refractivity (Wildman–Crippen MR) is 120 cm³/mol. The molecular weight excluding hydrogens is 412 g/mol. The minimum Gasteiger partial charge on any atom is -0.490 e. The van der Waals surface area contributed by atoms with Crippen LogP contribution in [0.3, 0.4) is 0 Å². The third kappa shape index (κ3) is 5.12. The summed E-state index contributed by atoms with van der Waals surface area (Å²) in [5, 5.41) is 5.01. The van der Waals surface area contributed by atoms with Gasteiger partial charge in [-0.2, -0.15) is 5.10 Å². The van der Waals surface area contributed by atoms with Crippen LogP contribution < -0.4 is 21.1 Å². The van der Waals surface area contributed by atoms with Crippen LogP contribution in [0.2, 0.25) is 0 Å². The molecule has 3 aromatic rings. The Bertz CT molecular complexity index is 1170. The minimum atomic E-state index is -0.640. The maximum Gasteiger partial charge on any atom is 0.290 e. The number of hydrogen-bond acceptors (Lipinski definition) is 6. The highest BCUT2D eigenvalue weighted by Gasteiger charge is 2.19. The first-order valence-corrected chi connectivity index (χ1v) is 10.4. The van der Waals surface area contributed by atoms with E-state index in [1.165, 1.54) is 4.68 Å². The Kier molecular flexibility index (Phi) is 7.56. The molecule has 168 valence electrons. The monoisotopic (exact) mass is 438 g/mol. The molecule has 0 saturated heterocycles. The molecule has 1 heterocycles. The highest BCUT2D eigenvalue weighted by molar-refractivity contribution is 6.06. The number of ether oxygens (including phenoxy) is 2. The first-order chi connectivity index (χ1) is 15.4. The summed E-state index contributed by atoms with van der Waals surface area (Å²) in [6.45, 7) is 6.74. The lowest BCUT2D eigenvalue weighted by Gasteiger charge is -2.14. The molecule has 0 aliphatic rings. The molecule has 9 heteroatoms. The van der Waals surface area contributed by atoms with Gasteiger partial charge in [0.25, 0.3) is 17.4 Å². The molecular formula is C23H26N4O5. The molecule has 1 aromatic heterocycles. The molecule has 2 N–H and O–H groups in total. The number of amides is 2. The number of aromatic nitrogens is 2. The van der Waals surface area contributed by atoms with E-state index in [1.54, 1.807) is 62.4 Å². The van der Waals surface area contributed by atoms with Crippen molar-refractivity contribution in [1.29, 1.82) is 0 Å². The molecule has 2 aromatic carbocycles. The maximum absolute atomic E-state index is 12.9. The van der Waals surface area contributed by atoms with Crippen molar-refractivity contribution in [2.75, 3.05) is 19.8 Å². The molecule has 0 spiro atoms. The zero-order chi connectivity index (χ0) is 23.1. The fraction of sp³-hybridized carbons (Fsp3) is 0.304. The number of hydrogen-bond donors (Lipinski definition) is 2. The molecule has 9 nitrogen and oxygen atoms in total. The number of hydrazine groups is 1. The van der Waals surface area contributed by atoms with Crippen LogP contribution in [0.15, 0.2) is 53.3 Å². The second kappa shape index (κ2) is 10.5. The van der Waals surface area contributed by atoms with Gasteiger partial charge in [0, 0.05) is 12.0 Å². The SMILES string of the molecule is CCOCCOc1ccccc1C(=O)NNC(=O)c1nn(C(C)C)c(=O)c2ccccc12. The Hall–Kier alpha value is -3.72. The maximum atomic E-state index is 12.9. The Morgan fingerprint density at radius 1 is 0.969 bits per heavy atom. The second-order valence-electron chi connectivity index (χ2n) is 7.19. The first-order valence-electron chi connectivity index (χ1n) is 10.4. The van der Waals surface area contributed by atoms with E-state index < -0.39 is 11.8 Å². The number of nitrogens with one attached hydrogen (secondary N) is 2. The van der Waals surface area contributed by atoms with Crippen molar-refractivity contribution < 1.29 is 19.1 Å². The molecule has 0 aliphatic carbocycles. The summed E-state index contributed by atoms with van der Waals surface area (Å²) >= 11 is 0. The van der Waals surface area contributed by atoms with E-state index in [9.17, 15) is 14.4 Å². The van der Waals surface area contributed by atoms with Gasteiger partial charge in [-0.25, -0.2) is 4.68 Å². The van der Waals surface area contributed by atoms with Crippen LogP contribution in [0.1, 0.15) is 47.7 Å². The van der Waals surface area contributed by atoms with Crippen molar-refractivity contribution in [1.82, 2.24) is 20.6 Å². The molecule has 0 atom stereocenters. The summed E-state index contributed by atoms with van der Waals surface area (Å²) in [6.07, 6.45) is 0. The van der Waals surface area contributed by atoms with Gasteiger partial charge in [-0.15, -0.1) is 0 Å². The molecule has 0 radical (unpaired) electrons. The van der Waals surface area contributed by atoms with Crippen molar-refractivity contribution >= 4 is 22.6 Å². The van der Waals surface area contributed by atoms with Crippen LogP contribution in [0, 0.1) is 0 Å². The van der Waals surface area contributed by atoms with E-state index in [0.717, 1.165) is 0 Å². The largest absolute Gasteiger partial charge is 0.490 e. The summed E-state index contributed by atoms with van der Waals surface area (Å²) in [5.74, 6) is -0.818. The Morgan fingerprint density at radius 2 is 1.62 bits per heavy atom. The molecule has 0 saturated carbocycles. The van der Waals surface area contributed by atoms with Gasteiger partial charge in [0.1, 0.15) is 12.4 Å². The minimum absolute atomic E-state index is 0.0375. The van der Waals surface area contributed by atoms with Crippen LogP contribution in [-0.4, -0.2) is 41.4 Å². The standard InChI is InChI=1S/C23H26N4O5/c1-4-31-13-14-32-19-12-8-7-11-18(19)21(28)24-25-22(29)20-16-9-5-6-10-17(16)23(30)27(26-20)15(2)3/h5-12,15H,4,13-14H2,1-3H3,(H,24,28)(H,25,29). The topological polar surface area (TPSA) is 112 Å². The molecule has 0 fully saturated rings. The van der Waals surface area contributed by atoms with Gasteiger partial charge in [-0.05, 0) is 39.0 Å². The van der Waals surface area contributed by atoms with Gasteiger partial charge < -0.3 is 9.47 Å². The van der Waals surface area contributed by atoms with Crippen molar-refractivity contribution in [3.63, 3.8) is 0 Å². The number of fused-ring (bicyclic) bond motifs is 1. The Morgan fingerprint density at radius 3 is 2.34 bits per heavy atom. The number of nitrogens with zero attached hydrogens (tertiary/aromatic N) is 2. The fourth-order valence-electron chi connectivity index (χ4n) is 3.10. The summed E-state index contributed by atoms with van der Waals surface area (Å²) in [6, 6.07) is 13.2. The van der Waals surface area contributed by atoms with E-state index >= 15 is 0 Å². The van der Waals surface area contributed by atoms with Gasteiger partial charge in [0.05, 0.1) is 23.6 Å². The van der Waals surface area contributed by atoms with Gasteiger partial charge in [0.15, 0.2) is 5.69 Å². The van der Waals surface area contributed by atoms with E-state index in [2.05, 4.69) is 16.0 Å². The van der Waals surface area contributed by atoms with E-state index in [1.807, 2.05) is 6.92 Å². The normalized spacial score (nSPS) is 10.9. The number of carbonyl (C=O) groups is 2. The summed E-state index contributed by atoms with van der Waals surface area (Å²) in [5.41, 5.74) is 4.79. The van der Waals surface area contributed by atoms with Gasteiger partial charge in [-0.1, -0.05) is 30.3 Å². The smallest absolute Gasteiger partial charge is 0.290 e. The lowest BCUT2D eigenvalue weighted by Crippen LogP contribution is -2.43. The quantitative estimate of drug-likeness (QED) is 0.413. The summed E-state index contributed by atoms with van der Waals surface area (Å²) in [7, 11) is 0. The number of para-hydroxylation sites is 1. The molecule has 32 heavy (non-hydrogen) atoms. The molecule has 2 amide bonds. The van der Waals surface area contributed by atoms with Crippen molar-refractivity contribution in [2.24, 2.45) is 0 Å². The number of benzene rings is 2. The molecule has 3 rings (SSSR count). The lowest BCUT2D eigenvalue weighted by molar-refractivity contribution is 0.0837. The summed E-state index contributed by atoms with van der Waals surface area (Å²) in [4.78, 5) is 38.2. The zero-order valence-electron chi connectivity index (χ0n) is 18.3. The summed E-state index contributed by atoms with van der Waals surface area (Å²) < 4.78 is 12.1. The van der Waals surface area contributed by atoms with Crippen LogP contribution in [-0.2, 0) is 4.74 Å². The van der Waals surface area contributed by atoms with Crippen LogP contribution >= 0.6 is 0 Å². The fourth-order valence-corrected chi connectivity index (χ4v) is 3.10. The van der Waals surface area contributed by atoms with Crippen LogP contribution in [0.5, 0.6) is 5.75 Å². The van der Waals surface area contributed by atoms with Crippen LogP contribution in [0.4, 0.5) is 0 Å². The zero-order valence-corrected chi connectivity index (χ0v) is 18.3. The van der Waals surface area contributed by atoms with E-state index in [-0.39, 0.29) is 29.5 Å². The van der Waals surface area contributed by atoms with Crippen LogP contribution in [0.25, 0.3) is 10.8 Å². The van der Waals surface area contributed by atoms with E-state index in [0.29, 0.717) is 29.7 Å². The highest BCUT2D eigenvalue weighted by Crippen LogP contribution is 2.18. The van der Waals surface area contributed by atoms with Gasteiger partial charge in [0.2, 0.25) is 0 Å². The highest BCUT2D eigenvalue weighted by atomic mass is 16.5. The van der Waals surface area contributed by atoms with Gasteiger partial charge in [-0.3, -0.25) is 25.2 Å². The average Bonchev–Trinajstić information content (AvgIpc) is 2.80. The van der Waals surface area contributed by atoms with E-state index in [4.69, 9.17) is 9.47 Å². The van der Waals surface area contributed by atoms with Crippen molar-refractivity contribution in [3.05, 3.63) is 70.1 Å². The molecule has 0 unspecified atom stereocenters. The third-order valence-electron chi connectivity index (χ3n) is 4.64. The first kappa shape index (κ1) is 23.0. The Labute approximate surface area is 185 Å². The average molecular weight is 438 g/mol. The molecule has 0 bridgehead atoms. The van der Waals surface area contributed by atoms with Gasteiger partial charge >= 0.3 is 0 Å². The second-order valence-corrected chi connectivity index (χ2v) is 7.19. The lowest BCUT2D eigenvalue weighted by atomic mass is 10.1.